The minimum atomic E-state index is 0.226. The highest BCUT2D eigenvalue weighted by Gasteiger charge is 2.08. The van der Waals surface area contributed by atoms with Gasteiger partial charge in [-0.15, -0.1) is 0 Å². The van der Waals surface area contributed by atoms with Gasteiger partial charge in [-0.05, 0) is 12.1 Å². The zero-order valence-corrected chi connectivity index (χ0v) is 10.3. The Bertz CT molecular complexity index is 680. The first kappa shape index (κ1) is 12.0. The Morgan fingerprint density at radius 3 is 2.50 bits per heavy atom. The molecule has 2 aromatic heterocycles. The average molecular weight is 269 g/mol. The van der Waals surface area contributed by atoms with Gasteiger partial charge in [0, 0.05) is 5.69 Å². The molecule has 0 saturated carbocycles. The number of nitrogens with two attached hydrogens (primary N) is 1. The molecular formula is C11H11N9. The minimum absolute atomic E-state index is 0.226. The Labute approximate surface area is 113 Å². The van der Waals surface area contributed by atoms with E-state index in [0.717, 1.165) is 5.69 Å². The highest BCUT2D eigenvalue weighted by molar-refractivity contribution is 5.54. The van der Waals surface area contributed by atoms with Crippen LogP contribution in [0.25, 0.3) is 5.95 Å². The van der Waals surface area contributed by atoms with Crippen molar-refractivity contribution < 1.29 is 0 Å². The van der Waals surface area contributed by atoms with Crippen LogP contribution in [0, 0.1) is 0 Å². The van der Waals surface area contributed by atoms with E-state index in [4.69, 9.17) is 5.84 Å². The van der Waals surface area contributed by atoms with Crippen LogP contribution in [-0.2, 0) is 0 Å². The molecule has 0 unspecified atom stereocenters. The molecule has 0 aliphatic rings. The summed E-state index contributed by atoms with van der Waals surface area (Å²) in [5, 5.41) is 7.03. The molecule has 2 heterocycles. The van der Waals surface area contributed by atoms with E-state index in [1.54, 1.807) is 0 Å². The van der Waals surface area contributed by atoms with Gasteiger partial charge in [0.05, 0.1) is 0 Å². The molecule has 3 rings (SSSR count). The molecular weight excluding hydrogens is 258 g/mol. The molecule has 20 heavy (non-hydrogen) atoms. The van der Waals surface area contributed by atoms with Crippen molar-refractivity contribution in [2.24, 2.45) is 5.84 Å². The Hall–Kier alpha value is -3.07. The first-order valence-electron chi connectivity index (χ1n) is 5.75. The topological polar surface area (TPSA) is 119 Å². The van der Waals surface area contributed by atoms with Gasteiger partial charge in [-0.1, -0.05) is 18.2 Å². The van der Waals surface area contributed by atoms with Crippen molar-refractivity contribution in [2.45, 2.75) is 0 Å². The number of nitrogen functional groups attached to an aromatic ring is 1. The van der Waals surface area contributed by atoms with Crippen molar-refractivity contribution in [2.75, 3.05) is 10.7 Å². The summed E-state index contributed by atoms with van der Waals surface area (Å²) in [6.07, 6.45) is 2.88. The van der Waals surface area contributed by atoms with Crippen LogP contribution in [0.5, 0.6) is 0 Å². The molecule has 0 aliphatic heterocycles. The number of hydrogen-bond donors (Lipinski definition) is 3. The minimum Gasteiger partial charge on any atom is -0.324 e. The summed E-state index contributed by atoms with van der Waals surface area (Å²) in [5.41, 5.74) is 3.24. The summed E-state index contributed by atoms with van der Waals surface area (Å²) in [5.74, 6) is 6.25. The Balaban J connectivity index is 1.96. The molecule has 0 bridgehead atoms. The number of anilines is 3. The van der Waals surface area contributed by atoms with Gasteiger partial charge < -0.3 is 5.32 Å². The smallest absolute Gasteiger partial charge is 0.258 e. The fourth-order valence-corrected chi connectivity index (χ4v) is 1.55. The quantitative estimate of drug-likeness (QED) is 0.462. The second-order valence-electron chi connectivity index (χ2n) is 3.76. The van der Waals surface area contributed by atoms with Crippen molar-refractivity contribution in [1.82, 2.24) is 29.7 Å². The van der Waals surface area contributed by atoms with Crippen LogP contribution in [0.4, 0.5) is 17.6 Å². The van der Waals surface area contributed by atoms with E-state index in [2.05, 4.69) is 35.8 Å². The van der Waals surface area contributed by atoms with Gasteiger partial charge >= 0.3 is 0 Å². The van der Waals surface area contributed by atoms with E-state index in [1.165, 1.54) is 17.3 Å². The van der Waals surface area contributed by atoms with Crippen molar-refractivity contribution in [3.05, 3.63) is 43.0 Å². The molecule has 0 fully saturated rings. The number of hydrogen-bond acceptors (Lipinski definition) is 8. The first-order valence-corrected chi connectivity index (χ1v) is 5.75. The predicted octanol–water partition coefficient (Wildman–Crippen LogP) is 0.481. The molecule has 0 spiro atoms. The Kier molecular flexibility index (Phi) is 3.17. The lowest BCUT2D eigenvalue weighted by atomic mass is 10.3. The van der Waals surface area contributed by atoms with E-state index < -0.39 is 0 Å². The monoisotopic (exact) mass is 269 g/mol. The lowest BCUT2D eigenvalue weighted by Crippen LogP contribution is -2.15. The van der Waals surface area contributed by atoms with Crippen LogP contribution >= 0.6 is 0 Å². The molecule has 0 radical (unpaired) electrons. The molecule has 4 N–H and O–H groups in total. The number of benzene rings is 1. The largest absolute Gasteiger partial charge is 0.324 e. The summed E-state index contributed by atoms with van der Waals surface area (Å²) in [6, 6.07) is 9.53. The highest BCUT2D eigenvalue weighted by atomic mass is 15.4. The number of aromatic nitrogens is 6. The van der Waals surface area contributed by atoms with E-state index >= 15 is 0 Å². The van der Waals surface area contributed by atoms with Gasteiger partial charge in [-0.2, -0.15) is 24.7 Å². The van der Waals surface area contributed by atoms with Crippen molar-refractivity contribution >= 4 is 17.6 Å². The van der Waals surface area contributed by atoms with Gasteiger partial charge in [0.25, 0.3) is 5.95 Å². The summed E-state index contributed by atoms with van der Waals surface area (Å²) in [6.45, 7) is 0. The normalized spacial score (nSPS) is 10.2. The maximum atomic E-state index is 5.36. The van der Waals surface area contributed by atoms with Crippen LogP contribution < -0.4 is 16.6 Å². The third-order valence-electron chi connectivity index (χ3n) is 2.41. The van der Waals surface area contributed by atoms with E-state index in [-0.39, 0.29) is 5.95 Å². The van der Waals surface area contributed by atoms with Crippen LogP contribution in [0.15, 0.2) is 43.0 Å². The summed E-state index contributed by atoms with van der Waals surface area (Å²) >= 11 is 0. The number of hydrazine groups is 1. The summed E-state index contributed by atoms with van der Waals surface area (Å²) in [7, 11) is 0. The van der Waals surface area contributed by atoms with E-state index in [1.807, 2.05) is 30.3 Å². The molecule has 0 saturated heterocycles. The van der Waals surface area contributed by atoms with E-state index in [9.17, 15) is 0 Å². The number of nitrogens with one attached hydrogen (secondary N) is 2. The van der Waals surface area contributed by atoms with Gasteiger partial charge in [0.15, 0.2) is 0 Å². The number of rotatable bonds is 4. The molecule has 3 aromatic rings. The lowest BCUT2D eigenvalue weighted by Gasteiger charge is -2.07. The van der Waals surface area contributed by atoms with Crippen molar-refractivity contribution in [1.29, 1.82) is 0 Å². The fraction of sp³-hybridized carbons (Fsp3) is 0. The summed E-state index contributed by atoms with van der Waals surface area (Å²) in [4.78, 5) is 16.3. The van der Waals surface area contributed by atoms with Crippen LogP contribution in [0.2, 0.25) is 0 Å². The molecule has 9 nitrogen and oxygen atoms in total. The molecule has 100 valence electrons. The molecule has 0 amide bonds. The lowest BCUT2D eigenvalue weighted by molar-refractivity contribution is 0.797. The standard InChI is InChI=1S/C11H11N9/c12-19-10-16-9(15-8-4-2-1-3-5-8)17-11(18-10)20-7-13-6-14-20/h1-7H,12H2,(H2,15,16,17,18,19). The fourth-order valence-electron chi connectivity index (χ4n) is 1.55. The third kappa shape index (κ3) is 2.52. The zero-order valence-electron chi connectivity index (χ0n) is 10.3. The first-order chi connectivity index (χ1) is 9.85. The van der Waals surface area contributed by atoms with Gasteiger partial charge in [-0.25, -0.2) is 10.8 Å². The van der Waals surface area contributed by atoms with Gasteiger partial charge in [-0.3, -0.25) is 5.43 Å². The number of nitrogens with zero attached hydrogens (tertiary/aromatic N) is 6. The maximum Gasteiger partial charge on any atom is 0.258 e. The highest BCUT2D eigenvalue weighted by Crippen LogP contribution is 2.14. The van der Waals surface area contributed by atoms with Crippen LogP contribution in [-0.4, -0.2) is 29.7 Å². The van der Waals surface area contributed by atoms with Crippen molar-refractivity contribution in [3.8, 4) is 5.95 Å². The van der Waals surface area contributed by atoms with E-state index in [0.29, 0.717) is 11.9 Å². The molecule has 1 aromatic carbocycles. The average Bonchev–Trinajstić information content (AvgIpc) is 3.02. The molecule has 0 atom stereocenters. The molecule has 0 aliphatic carbocycles. The maximum absolute atomic E-state index is 5.36. The second kappa shape index (κ2) is 5.28. The van der Waals surface area contributed by atoms with Gasteiger partial charge in [0.1, 0.15) is 12.7 Å². The number of para-hydroxylation sites is 1. The summed E-state index contributed by atoms with van der Waals surface area (Å²) < 4.78 is 1.42. The van der Waals surface area contributed by atoms with Crippen LogP contribution in [0.1, 0.15) is 0 Å². The zero-order chi connectivity index (χ0) is 13.8. The van der Waals surface area contributed by atoms with Gasteiger partial charge in [0.2, 0.25) is 11.9 Å². The predicted molar refractivity (Wildman–Crippen MR) is 72.3 cm³/mol. The molecule has 9 heteroatoms. The second-order valence-corrected chi connectivity index (χ2v) is 3.76. The Morgan fingerprint density at radius 2 is 1.80 bits per heavy atom. The Morgan fingerprint density at radius 1 is 1.00 bits per heavy atom. The van der Waals surface area contributed by atoms with Crippen molar-refractivity contribution in [3.63, 3.8) is 0 Å². The third-order valence-corrected chi connectivity index (χ3v) is 2.41. The van der Waals surface area contributed by atoms with Crippen LogP contribution in [0.3, 0.4) is 0 Å². The SMILES string of the molecule is NNc1nc(Nc2ccccc2)nc(-n2cncn2)n1.